The highest BCUT2D eigenvalue weighted by molar-refractivity contribution is 5.96. The van der Waals surface area contributed by atoms with E-state index < -0.39 is 0 Å². The molecular weight excluding hydrogens is 402 g/mol. The molecular formula is C26H29N3O3. The van der Waals surface area contributed by atoms with Gasteiger partial charge < -0.3 is 20.7 Å². The molecule has 0 bridgehead atoms. The summed E-state index contributed by atoms with van der Waals surface area (Å²) >= 11 is 0. The average Bonchev–Trinajstić information content (AvgIpc) is 2.83. The molecule has 0 aromatic heterocycles. The first-order valence-electron chi connectivity index (χ1n) is 10.8. The Bertz CT molecular complexity index is 987. The van der Waals surface area contributed by atoms with Crippen LogP contribution in [0.15, 0.2) is 78.9 Å². The Morgan fingerprint density at radius 1 is 0.844 bits per heavy atom. The second-order valence-corrected chi connectivity index (χ2v) is 7.39. The molecule has 6 nitrogen and oxygen atoms in total. The predicted molar refractivity (Wildman–Crippen MR) is 128 cm³/mol. The van der Waals surface area contributed by atoms with E-state index in [0.717, 1.165) is 29.8 Å². The molecule has 6 heteroatoms. The molecule has 32 heavy (non-hydrogen) atoms. The molecule has 0 aliphatic carbocycles. The number of carbonyl (C=O) groups is 2. The van der Waals surface area contributed by atoms with Crippen molar-refractivity contribution < 1.29 is 14.3 Å². The van der Waals surface area contributed by atoms with Crippen LogP contribution in [0.1, 0.15) is 35.7 Å². The summed E-state index contributed by atoms with van der Waals surface area (Å²) in [5.41, 5.74) is 3.15. The SMILES string of the molecule is CCCCNC(=O)c1ccc(NC(=O)CNc2ccc(OCc3ccccc3)cc2)cc1. The van der Waals surface area contributed by atoms with Crippen molar-refractivity contribution in [3.8, 4) is 5.75 Å². The van der Waals surface area contributed by atoms with E-state index in [9.17, 15) is 9.59 Å². The number of unbranched alkanes of at least 4 members (excludes halogenated alkanes) is 1. The lowest BCUT2D eigenvalue weighted by Gasteiger charge is -2.10. The highest BCUT2D eigenvalue weighted by Crippen LogP contribution is 2.17. The summed E-state index contributed by atoms with van der Waals surface area (Å²) in [5, 5.41) is 8.79. The van der Waals surface area contributed by atoms with Gasteiger partial charge in [0.25, 0.3) is 5.91 Å². The number of anilines is 2. The number of amides is 2. The Morgan fingerprint density at radius 3 is 2.22 bits per heavy atom. The Morgan fingerprint density at radius 2 is 1.53 bits per heavy atom. The molecule has 3 N–H and O–H groups in total. The molecule has 0 spiro atoms. The van der Waals surface area contributed by atoms with Gasteiger partial charge in [-0.05, 0) is 60.5 Å². The Balaban J connectivity index is 1.41. The Hall–Kier alpha value is -3.80. The largest absolute Gasteiger partial charge is 0.489 e. The van der Waals surface area contributed by atoms with Crippen LogP contribution in [-0.4, -0.2) is 24.9 Å². The van der Waals surface area contributed by atoms with E-state index in [2.05, 4.69) is 22.9 Å². The van der Waals surface area contributed by atoms with Crippen LogP contribution < -0.4 is 20.7 Å². The lowest BCUT2D eigenvalue weighted by Crippen LogP contribution is -2.24. The van der Waals surface area contributed by atoms with Gasteiger partial charge in [0.15, 0.2) is 0 Å². The number of nitrogens with one attached hydrogen (secondary N) is 3. The van der Waals surface area contributed by atoms with Gasteiger partial charge in [-0.1, -0.05) is 43.7 Å². The first-order chi connectivity index (χ1) is 15.6. The van der Waals surface area contributed by atoms with Crippen molar-refractivity contribution in [1.29, 1.82) is 0 Å². The van der Waals surface area contributed by atoms with E-state index in [1.54, 1.807) is 24.3 Å². The average molecular weight is 432 g/mol. The molecule has 0 radical (unpaired) electrons. The minimum atomic E-state index is -0.172. The summed E-state index contributed by atoms with van der Waals surface area (Å²) in [6, 6.07) is 24.3. The third kappa shape index (κ3) is 7.47. The first kappa shape index (κ1) is 22.9. The molecule has 0 heterocycles. The summed E-state index contributed by atoms with van der Waals surface area (Å²) in [4.78, 5) is 24.3. The van der Waals surface area contributed by atoms with Gasteiger partial charge in [-0.2, -0.15) is 0 Å². The van der Waals surface area contributed by atoms with E-state index in [4.69, 9.17) is 4.74 Å². The van der Waals surface area contributed by atoms with E-state index in [1.807, 2.05) is 54.6 Å². The van der Waals surface area contributed by atoms with Crippen LogP contribution in [0.4, 0.5) is 11.4 Å². The number of benzene rings is 3. The quantitative estimate of drug-likeness (QED) is 0.379. The maximum absolute atomic E-state index is 12.2. The van der Waals surface area contributed by atoms with Gasteiger partial charge in [0.1, 0.15) is 12.4 Å². The van der Waals surface area contributed by atoms with Crippen molar-refractivity contribution in [2.75, 3.05) is 23.7 Å². The van der Waals surface area contributed by atoms with E-state index in [-0.39, 0.29) is 18.4 Å². The van der Waals surface area contributed by atoms with E-state index >= 15 is 0 Å². The standard InChI is InChI=1S/C26H29N3O3/c1-2-3-17-27-26(31)21-9-11-23(12-10-21)29-25(30)18-28-22-13-15-24(16-14-22)32-19-20-7-5-4-6-8-20/h4-16,28H,2-3,17-19H2,1H3,(H,27,31)(H,29,30). The molecule has 3 aromatic rings. The molecule has 0 unspecified atom stereocenters. The second-order valence-electron chi connectivity index (χ2n) is 7.39. The molecule has 0 saturated carbocycles. The van der Waals surface area contributed by atoms with E-state index in [1.165, 1.54) is 0 Å². The van der Waals surface area contributed by atoms with Gasteiger partial charge in [0.05, 0.1) is 6.54 Å². The van der Waals surface area contributed by atoms with Gasteiger partial charge in [-0.15, -0.1) is 0 Å². The highest BCUT2D eigenvalue weighted by atomic mass is 16.5. The molecule has 3 aromatic carbocycles. The zero-order chi connectivity index (χ0) is 22.6. The Kier molecular flexibility index (Phi) is 8.69. The maximum Gasteiger partial charge on any atom is 0.251 e. The van der Waals surface area contributed by atoms with Crippen LogP contribution in [0, 0.1) is 0 Å². The van der Waals surface area contributed by atoms with Gasteiger partial charge in [-0.3, -0.25) is 9.59 Å². The van der Waals surface area contributed by atoms with Crippen LogP contribution >= 0.6 is 0 Å². The number of ether oxygens (including phenoxy) is 1. The topological polar surface area (TPSA) is 79.5 Å². The van der Waals surface area contributed by atoms with Crippen LogP contribution in [0.25, 0.3) is 0 Å². The van der Waals surface area contributed by atoms with Crippen molar-refractivity contribution in [1.82, 2.24) is 5.32 Å². The van der Waals surface area contributed by atoms with Crippen molar-refractivity contribution >= 4 is 23.2 Å². The molecule has 0 fully saturated rings. The lowest BCUT2D eigenvalue weighted by molar-refractivity contribution is -0.114. The summed E-state index contributed by atoms with van der Waals surface area (Å²) < 4.78 is 5.77. The number of hydrogen-bond acceptors (Lipinski definition) is 4. The third-order valence-electron chi connectivity index (χ3n) is 4.80. The minimum Gasteiger partial charge on any atom is -0.489 e. The summed E-state index contributed by atoms with van der Waals surface area (Å²) in [7, 11) is 0. The number of carbonyl (C=O) groups excluding carboxylic acids is 2. The van der Waals surface area contributed by atoms with Gasteiger partial charge in [-0.25, -0.2) is 0 Å². The van der Waals surface area contributed by atoms with E-state index in [0.29, 0.717) is 24.4 Å². The van der Waals surface area contributed by atoms with Crippen molar-refractivity contribution in [3.05, 3.63) is 90.0 Å². The molecule has 2 amide bonds. The fourth-order valence-corrected chi connectivity index (χ4v) is 2.98. The van der Waals surface area contributed by atoms with Crippen LogP contribution in [-0.2, 0) is 11.4 Å². The second kappa shape index (κ2) is 12.2. The van der Waals surface area contributed by atoms with Crippen LogP contribution in [0.5, 0.6) is 5.75 Å². The predicted octanol–water partition coefficient (Wildman–Crippen LogP) is 4.85. The monoisotopic (exact) mass is 431 g/mol. The summed E-state index contributed by atoms with van der Waals surface area (Å²) in [6.07, 6.45) is 1.99. The smallest absolute Gasteiger partial charge is 0.251 e. The van der Waals surface area contributed by atoms with Gasteiger partial charge in [0.2, 0.25) is 5.91 Å². The molecule has 0 aliphatic rings. The molecule has 0 atom stereocenters. The molecule has 166 valence electrons. The molecule has 3 rings (SSSR count). The lowest BCUT2D eigenvalue weighted by atomic mass is 10.2. The zero-order valence-electron chi connectivity index (χ0n) is 18.3. The minimum absolute atomic E-state index is 0.103. The molecule has 0 aliphatic heterocycles. The summed E-state index contributed by atoms with van der Waals surface area (Å²) in [5.74, 6) is 0.492. The number of rotatable bonds is 11. The summed E-state index contributed by atoms with van der Waals surface area (Å²) in [6.45, 7) is 3.38. The normalized spacial score (nSPS) is 10.3. The third-order valence-corrected chi connectivity index (χ3v) is 4.80. The van der Waals surface area contributed by atoms with Gasteiger partial charge in [0, 0.05) is 23.5 Å². The zero-order valence-corrected chi connectivity index (χ0v) is 18.3. The van der Waals surface area contributed by atoms with Crippen LogP contribution in [0.2, 0.25) is 0 Å². The fourth-order valence-electron chi connectivity index (χ4n) is 2.98. The fraction of sp³-hybridized carbons (Fsp3) is 0.231. The molecule has 0 saturated heterocycles. The van der Waals surface area contributed by atoms with Gasteiger partial charge >= 0.3 is 0 Å². The van der Waals surface area contributed by atoms with Crippen molar-refractivity contribution in [2.24, 2.45) is 0 Å². The Labute approximate surface area is 189 Å². The first-order valence-corrected chi connectivity index (χ1v) is 10.8. The highest BCUT2D eigenvalue weighted by Gasteiger charge is 2.06. The number of hydrogen-bond donors (Lipinski definition) is 3. The van der Waals surface area contributed by atoms with Crippen LogP contribution in [0.3, 0.4) is 0 Å². The maximum atomic E-state index is 12.2. The van der Waals surface area contributed by atoms with Crippen molar-refractivity contribution in [3.63, 3.8) is 0 Å². The van der Waals surface area contributed by atoms with Crippen molar-refractivity contribution in [2.45, 2.75) is 26.4 Å².